The Kier molecular flexibility index (Phi) is 2.06. The molecule has 14 heavy (non-hydrogen) atoms. The van der Waals surface area contributed by atoms with Crippen LogP contribution in [0.25, 0.3) is 0 Å². The fraction of sp³-hybridized carbons (Fsp3) is 0.300. The van der Waals surface area contributed by atoms with Crippen molar-refractivity contribution in [3.63, 3.8) is 0 Å². The van der Waals surface area contributed by atoms with Gasteiger partial charge in [0.05, 0.1) is 11.5 Å². The second-order valence-electron chi connectivity index (χ2n) is 3.35. The minimum Gasteiger partial charge on any atom is -0.294 e. The third-order valence-electron chi connectivity index (χ3n) is 2.25. The van der Waals surface area contributed by atoms with E-state index < -0.39 is 29.5 Å². The average Bonchev–Trinajstić information content (AvgIpc) is 2.81. The minimum atomic E-state index is -1.16. The molecule has 4 heteroatoms. The first-order valence-electron chi connectivity index (χ1n) is 4.23. The van der Waals surface area contributed by atoms with E-state index in [0.29, 0.717) is 6.07 Å². The van der Waals surface area contributed by atoms with E-state index in [4.69, 9.17) is 0 Å². The van der Waals surface area contributed by atoms with Gasteiger partial charge in [-0.25, -0.2) is 13.2 Å². The number of Topliss-reactive ketones (excluding diaryl/α,β-unsaturated/α-hetero) is 1. The molecular weight excluding hydrogens is 193 g/mol. The largest absolute Gasteiger partial charge is 0.294 e. The van der Waals surface area contributed by atoms with Gasteiger partial charge in [-0.3, -0.25) is 4.79 Å². The molecule has 0 saturated heterocycles. The van der Waals surface area contributed by atoms with Crippen molar-refractivity contribution in [1.29, 1.82) is 0 Å². The molecule has 0 N–H and O–H groups in total. The predicted octanol–water partition coefficient (Wildman–Crippen LogP) is 2.51. The maximum absolute atomic E-state index is 13.0. The number of carbonyl (C=O) groups is 1. The van der Waals surface area contributed by atoms with Gasteiger partial charge in [0.1, 0.15) is 17.8 Å². The summed E-state index contributed by atoms with van der Waals surface area (Å²) in [7, 11) is 0. The Labute approximate surface area is 78.5 Å². The molecule has 1 aromatic rings. The number of benzene rings is 1. The third-order valence-corrected chi connectivity index (χ3v) is 2.25. The number of hydrogen-bond acceptors (Lipinski definition) is 1. The van der Waals surface area contributed by atoms with Gasteiger partial charge in [-0.15, -0.1) is 0 Å². The highest BCUT2D eigenvalue weighted by Crippen LogP contribution is 2.37. The van der Waals surface area contributed by atoms with Crippen LogP contribution in [0.5, 0.6) is 0 Å². The number of hydrogen-bond donors (Lipinski definition) is 0. The Morgan fingerprint density at radius 2 is 2.00 bits per heavy atom. The van der Waals surface area contributed by atoms with E-state index in [-0.39, 0.29) is 12.0 Å². The fourth-order valence-corrected chi connectivity index (χ4v) is 1.32. The van der Waals surface area contributed by atoms with Gasteiger partial charge in [-0.05, 0) is 18.6 Å². The Morgan fingerprint density at radius 1 is 1.36 bits per heavy atom. The first-order chi connectivity index (χ1) is 6.59. The van der Waals surface area contributed by atoms with E-state index in [1.54, 1.807) is 0 Å². The van der Waals surface area contributed by atoms with E-state index in [0.717, 1.165) is 12.1 Å². The van der Waals surface area contributed by atoms with Crippen molar-refractivity contribution in [3.8, 4) is 0 Å². The summed E-state index contributed by atoms with van der Waals surface area (Å²) in [6, 6.07) is 2.67. The summed E-state index contributed by atoms with van der Waals surface area (Å²) in [5.41, 5.74) is -0.225. The predicted molar refractivity (Wildman–Crippen MR) is 43.7 cm³/mol. The number of halogens is 3. The Morgan fingerprint density at radius 3 is 2.50 bits per heavy atom. The zero-order valence-electron chi connectivity index (χ0n) is 7.14. The topological polar surface area (TPSA) is 17.1 Å². The second kappa shape index (κ2) is 3.12. The smallest absolute Gasteiger partial charge is 0.171 e. The lowest BCUT2D eigenvalue weighted by Crippen LogP contribution is -2.06. The molecule has 0 radical (unpaired) electrons. The van der Waals surface area contributed by atoms with Crippen molar-refractivity contribution in [2.75, 3.05) is 0 Å². The molecule has 0 aliphatic heterocycles. The zero-order valence-corrected chi connectivity index (χ0v) is 7.14. The Hall–Kier alpha value is -1.32. The van der Waals surface area contributed by atoms with Crippen molar-refractivity contribution in [2.45, 2.75) is 12.6 Å². The number of carbonyl (C=O) groups excluding carboxylic acids is 1. The van der Waals surface area contributed by atoms with Gasteiger partial charge in [0.2, 0.25) is 0 Å². The highest BCUT2D eigenvalue weighted by atomic mass is 19.1. The molecule has 1 saturated carbocycles. The lowest BCUT2D eigenvalue weighted by atomic mass is 10.1. The summed E-state index contributed by atoms with van der Waals surface area (Å²) in [5.74, 6) is -2.97. The number of ketones is 1. The maximum Gasteiger partial charge on any atom is 0.171 e. The standard InChI is InChI=1S/C10H7F3O/c11-5-1-2-6(8(12)3-5)10(14)7-4-9(7)13/h1-3,7,9H,4H2. The molecular formula is C10H7F3O. The molecule has 1 nitrogen and oxygen atoms in total. The Bertz CT molecular complexity index is 389. The van der Waals surface area contributed by atoms with Gasteiger partial charge in [0.15, 0.2) is 5.78 Å². The molecule has 0 spiro atoms. The van der Waals surface area contributed by atoms with Crippen LogP contribution in [0.2, 0.25) is 0 Å². The lowest BCUT2D eigenvalue weighted by Gasteiger charge is -2.00. The zero-order chi connectivity index (χ0) is 10.3. The molecule has 1 aliphatic rings. The molecule has 1 aromatic carbocycles. The van der Waals surface area contributed by atoms with Crippen LogP contribution in [0.15, 0.2) is 18.2 Å². The first-order valence-corrected chi connectivity index (χ1v) is 4.23. The molecule has 1 fully saturated rings. The molecule has 74 valence electrons. The van der Waals surface area contributed by atoms with Crippen molar-refractivity contribution in [2.24, 2.45) is 5.92 Å². The quantitative estimate of drug-likeness (QED) is 0.670. The molecule has 2 atom stereocenters. The second-order valence-corrected chi connectivity index (χ2v) is 3.35. The van der Waals surface area contributed by atoms with Crippen molar-refractivity contribution < 1.29 is 18.0 Å². The number of rotatable bonds is 2. The fourth-order valence-electron chi connectivity index (χ4n) is 1.32. The summed E-state index contributed by atoms with van der Waals surface area (Å²) >= 11 is 0. The Balaban J connectivity index is 2.28. The van der Waals surface area contributed by atoms with Gasteiger partial charge >= 0.3 is 0 Å². The van der Waals surface area contributed by atoms with Crippen molar-refractivity contribution >= 4 is 5.78 Å². The van der Waals surface area contributed by atoms with Crippen LogP contribution in [0.4, 0.5) is 13.2 Å². The molecule has 0 bridgehead atoms. The highest BCUT2D eigenvalue weighted by molar-refractivity contribution is 6.00. The summed E-state index contributed by atoms with van der Waals surface area (Å²) in [6.07, 6.45) is -1.01. The van der Waals surface area contributed by atoms with Crippen LogP contribution in [-0.2, 0) is 0 Å². The molecule has 1 aliphatic carbocycles. The number of alkyl halides is 1. The average molecular weight is 200 g/mol. The van der Waals surface area contributed by atoms with E-state index in [1.807, 2.05) is 0 Å². The van der Waals surface area contributed by atoms with Crippen LogP contribution in [0, 0.1) is 17.6 Å². The van der Waals surface area contributed by atoms with Gasteiger partial charge in [-0.2, -0.15) is 0 Å². The summed E-state index contributed by atoms with van der Waals surface area (Å²) < 4.78 is 38.0. The highest BCUT2D eigenvalue weighted by Gasteiger charge is 2.44. The summed E-state index contributed by atoms with van der Waals surface area (Å²) in [4.78, 5) is 11.3. The van der Waals surface area contributed by atoms with Crippen LogP contribution < -0.4 is 0 Å². The van der Waals surface area contributed by atoms with Crippen LogP contribution in [0.1, 0.15) is 16.8 Å². The maximum atomic E-state index is 13.0. The van der Waals surface area contributed by atoms with Crippen LogP contribution in [-0.4, -0.2) is 12.0 Å². The third kappa shape index (κ3) is 1.52. The molecule has 0 amide bonds. The van der Waals surface area contributed by atoms with E-state index >= 15 is 0 Å². The van der Waals surface area contributed by atoms with Crippen LogP contribution >= 0.6 is 0 Å². The van der Waals surface area contributed by atoms with Crippen molar-refractivity contribution in [1.82, 2.24) is 0 Å². The lowest BCUT2D eigenvalue weighted by molar-refractivity contribution is 0.0953. The van der Waals surface area contributed by atoms with Crippen LogP contribution in [0.3, 0.4) is 0 Å². The van der Waals surface area contributed by atoms with E-state index in [2.05, 4.69) is 0 Å². The molecule has 0 aromatic heterocycles. The molecule has 0 heterocycles. The molecule has 2 rings (SSSR count). The van der Waals surface area contributed by atoms with Gasteiger partial charge in [0, 0.05) is 6.07 Å². The van der Waals surface area contributed by atoms with Crippen molar-refractivity contribution in [3.05, 3.63) is 35.4 Å². The minimum absolute atomic E-state index is 0.148. The normalized spacial score (nSPS) is 24.8. The monoisotopic (exact) mass is 200 g/mol. The first kappa shape index (κ1) is 9.24. The van der Waals surface area contributed by atoms with Gasteiger partial charge in [-0.1, -0.05) is 0 Å². The SMILES string of the molecule is O=C(c1ccc(F)cc1F)C1CC1F. The summed E-state index contributed by atoms with van der Waals surface area (Å²) in [5, 5.41) is 0. The van der Waals surface area contributed by atoms with Gasteiger partial charge in [0.25, 0.3) is 0 Å². The van der Waals surface area contributed by atoms with E-state index in [9.17, 15) is 18.0 Å². The van der Waals surface area contributed by atoms with Gasteiger partial charge < -0.3 is 0 Å². The van der Waals surface area contributed by atoms with E-state index in [1.165, 1.54) is 0 Å². The molecule has 2 unspecified atom stereocenters. The summed E-state index contributed by atoms with van der Waals surface area (Å²) in [6.45, 7) is 0.